The largest absolute Gasteiger partial charge is 0.444 e. The Hall–Kier alpha value is -3.55. The lowest BCUT2D eigenvalue weighted by Gasteiger charge is -2.27. The average Bonchev–Trinajstić information content (AvgIpc) is 2.94. The van der Waals surface area contributed by atoms with E-state index in [1.54, 1.807) is 44.0 Å². The zero-order chi connectivity index (χ0) is 25.9. The number of nitrogens with zero attached hydrogens (tertiary/aromatic N) is 3. The third-order valence-corrected chi connectivity index (χ3v) is 6.46. The molecule has 4 rings (SSSR count). The second kappa shape index (κ2) is 10.6. The molecular weight excluding hydrogens is 456 g/mol. The summed E-state index contributed by atoms with van der Waals surface area (Å²) >= 11 is 0. The van der Waals surface area contributed by atoms with E-state index in [2.05, 4.69) is 10.3 Å². The molecule has 1 aromatic heterocycles. The first kappa shape index (κ1) is 25.5. The maximum atomic E-state index is 14.0. The van der Waals surface area contributed by atoms with Gasteiger partial charge in [-0.25, -0.2) is 4.79 Å². The minimum Gasteiger partial charge on any atom is -0.444 e. The minimum absolute atomic E-state index is 0.0750. The zero-order valence-corrected chi connectivity index (χ0v) is 21.4. The monoisotopic (exact) mass is 490 g/mol. The summed E-state index contributed by atoms with van der Waals surface area (Å²) in [7, 11) is 0. The standard InChI is InChI=1S/C28H34N4O4/c1-18(33)20-14-10-16-29-22(20)17-32-23-15-9-8-13-21(23)24(19-11-6-5-7-12-19)30-25(26(32)34)31-27(35)36-28(2,3)4/h8-10,13-16,19,25H,5-7,11-12,17H2,1-4H3,(H,31,35)/t25-/m1/s1. The summed E-state index contributed by atoms with van der Waals surface area (Å²) in [6.45, 7) is 6.86. The number of carbonyl (C=O) groups excluding carboxylic acids is 3. The van der Waals surface area contributed by atoms with Crippen molar-refractivity contribution in [2.24, 2.45) is 10.9 Å². The lowest BCUT2D eigenvalue weighted by molar-refractivity contribution is -0.120. The van der Waals surface area contributed by atoms with Crippen LogP contribution >= 0.6 is 0 Å². The molecule has 1 N–H and O–H groups in total. The van der Waals surface area contributed by atoms with Crippen LogP contribution in [0.5, 0.6) is 0 Å². The first-order valence-electron chi connectivity index (χ1n) is 12.6. The van der Waals surface area contributed by atoms with Crippen molar-refractivity contribution >= 4 is 29.2 Å². The molecule has 2 amide bonds. The fourth-order valence-corrected chi connectivity index (χ4v) is 4.87. The van der Waals surface area contributed by atoms with Gasteiger partial charge in [-0.1, -0.05) is 37.5 Å². The van der Waals surface area contributed by atoms with E-state index < -0.39 is 23.8 Å². The molecule has 2 aliphatic rings. The van der Waals surface area contributed by atoms with E-state index >= 15 is 0 Å². The van der Waals surface area contributed by atoms with Crippen LogP contribution in [0, 0.1) is 5.92 Å². The Morgan fingerprint density at radius 1 is 1.08 bits per heavy atom. The van der Waals surface area contributed by atoms with E-state index in [9.17, 15) is 14.4 Å². The molecule has 1 fully saturated rings. The molecule has 0 unspecified atom stereocenters. The molecule has 1 aromatic carbocycles. The molecule has 0 radical (unpaired) electrons. The van der Waals surface area contributed by atoms with E-state index in [1.165, 1.54) is 13.3 Å². The minimum atomic E-state index is -1.16. The molecule has 0 spiro atoms. The Bertz CT molecular complexity index is 1180. The summed E-state index contributed by atoms with van der Waals surface area (Å²) in [5, 5.41) is 2.70. The van der Waals surface area contributed by atoms with Crippen molar-refractivity contribution in [1.29, 1.82) is 0 Å². The molecular formula is C28H34N4O4. The molecule has 1 atom stereocenters. The summed E-state index contributed by atoms with van der Waals surface area (Å²) in [6.07, 6.45) is 5.09. The number of hydrogen-bond acceptors (Lipinski definition) is 6. The number of benzodiazepines with no additional fused rings is 1. The number of fused-ring (bicyclic) bond motifs is 1. The van der Waals surface area contributed by atoms with Crippen LogP contribution < -0.4 is 10.2 Å². The van der Waals surface area contributed by atoms with Gasteiger partial charge in [0.05, 0.1) is 23.6 Å². The van der Waals surface area contributed by atoms with Crippen molar-refractivity contribution < 1.29 is 19.1 Å². The maximum Gasteiger partial charge on any atom is 0.409 e. The zero-order valence-electron chi connectivity index (χ0n) is 21.4. The highest BCUT2D eigenvalue weighted by atomic mass is 16.6. The van der Waals surface area contributed by atoms with E-state index in [4.69, 9.17) is 9.73 Å². The highest BCUT2D eigenvalue weighted by Gasteiger charge is 2.36. The van der Waals surface area contributed by atoms with Crippen molar-refractivity contribution in [2.75, 3.05) is 4.90 Å². The van der Waals surface area contributed by atoms with Gasteiger partial charge in [0, 0.05) is 23.2 Å². The van der Waals surface area contributed by atoms with Crippen LogP contribution in [-0.2, 0) is 16.1 Å². The second-order valence-electron chi connectivity index (χ2n) is 10.4. The number of ketones is 1. The van der Waals surface area contributed by atoms with Crippen molar-refractivity contribution in [3.05, 3.63) is 59.4 Å². The Morgan fingerprint density at radius 2 is 1.81 bits per heavy atom. The van der Waals surface area contributed by atoms with Gasteiger partial charge in [-0.15, -0.1) is 0 Å². The number of benzene rings is 1. The van der Waals surface area contributed by atoms with Crippen LogP contribution in [0.1, 0.15) is 81.4 Å². The third-order valence-electron chi connectivity index (χ3n) is 6.46. The summed E-state index contributed by atoms with van der Waals surface area (Å²) < 4.78 is 5.44. The molecule has 8 heteroatoms. The van der Waals surface area contributed by atoms with Gasteiger partial charge in [-0.3, -0.25) is 24.9 Å². The van der Waals surface area contributed by atoms with Gasteiger partial charge in [-0.2, -0.15) is 0 Å². The Kier molecular flexibility index (Phi) is 7.52. The Balaban J connectivity index is 1.79. The van der Waals surface area contributed by atoms with Crippen LogP contribution in [0.3, 0.4) is 0 Å². The number of aromatic nitrogens is 1. The van der Waals surface area contributed by atoms with Crippen LogP contribution in [0.15, 0.2) is 47.6 Å². The van der Waals surface area contributed by atoms with Gasteiger partial charge in [0.1, 0.15) is 5.60 Å². The third kappa shape index (κ3) is 5.80. The van der Waals surface area contributed by atoms with E-state index in [1.807, 2.05) is 24.3 Å². The highest BCUT2D eigenvalue weighted by Crippen LogP contribution is 2.34. The van der Waals surface area contributed by atoms with Crippen molar-refractivity contribution in [3.63, 3.8) is 0 Å². The number of pyridine rings is 1. The Morgan fingerprint density at radius 3 is 2.50 bits per heavy atom. The number of hydrogen-bond donors (Lipinski definition) is 1. The van der Waals surface area contributed by atoms with Crippen molar-refractivity contribution in [2.45, 2.75) is 78.1 Å². The number of aliphatic imine (C=N–C) groups is 1. The van der Waals surface area contributed by atoms with Crippen LogP contribution in [0.4, 0.5) is 10.5 Å². The molecule has 1 saturated carbocycles. The maximum absolute atomic E-state index is 14.0. The SMILES string of the molecule is CC(=O)c1cccnc1CN1C(=O)[C@@H](NC(=O)OC(C)(C)C)N=C(C2CCCCC2)c2ccccc21. The van der Waals surface area contributed by atoms with Gasteiger partial charge in [-0.05, 0) is 58.7 Å². The normalized spacial score (nSPS) is 18.7. The van der Waals surface area contributed by atoms with Crippen LogP contribution in [0.25, 0.3) is 0 Å². The molecule has 1 aliphatic heterocycles. The summed E-state index contributed by atoms with van der Waals surface area (Å²) in [6, 6.07) is 11.1. The van der Waals surface area contributed by atoms with Crippen LogP contribution in [-0.4, -0.2) is 40.2 Å². The number of alkyl carbamates (subject to hydrolysis) is 1. The molecule has 190 valence electrons. The predicted octanol–water partition coefficient (Wildman–Crippen LogP) is 5.05. The molecule has 8 nitrogen and oxygen atoms in total. The molecule has 2 heterocycles. The summed E-state index contributed by atoms with van der Waals surface area (Å²) in [4.78, 5) is 49.8. The molecule has 36 heavy (non-hydrogen) atoms. The number of carbonyl (C=O) groups is 3. The van der Waals surface area contributed by atoms with Crippen LogP contribution in [0.2, 0.25) is 0 Å². The number of ether oxygens (including phenoxy) is 1. The molecule has 0 bridgehead atoms. The van der Waals surface area contributed by atoms with E-state index in [0.717, 1.165) is 37.0 Å². The Labute approximate surface area is 212 Å². The summed E-state index contributed by atoms with van der Waals surface area (Å²) in [5.41, 5.74) is 2.62. The number of amides is 2. The van der Waals surface area contributed by atoms with Crippen molar-refractivity contribution in [1.82, 2.24) is 10.3 Å². The number of para-hydroxylation sites is 1. The highest BCUT2D eigenvalue weighted by molar-refractivity contribution is 6.14. The fourth-order valence-electron chi connectivity index (χ4n) is 4.87. The first-order valence-corrected chi connectivity index (χ1v) is 12.6. The molecule has 2 aromatic rings. The first-order chi connectivity index (χ1) is 17.1. The van der Waals surface area contributed by atoms with Gasteiger partial charge in [0.2, 0.25) is 6.17 Å². The fraction of sp³-hybridized carbons (Fsp3) is 0.464. The topological polar surface area (TPSA) is 101 Å². The average molecular weight is 491 g/mol. The van der Waals surface area contributed by atoms with Gasteiger partial charge >= 0.3 is 6.09 Å². The number of anilines is 1. The lowest BCUT2D eigenvalue weighted by Crippen LogP contribution is -2.48. The molecule has 1 aliphatic carbocycles. The van der Waals surface area contributed by atoms with Gasteiger partial charge in [0.15, 0.2) is 5.78 Å². The molecule has 0 saturated heterocycles. The second-order valence-corrected chi connectivity index (χ2v) is 10.4. The smallest absolute Gasteiger partial charge is 0.409 e. The lowest BCUT2D eigenvalue weighted by atomic mass is 9.82. The number of Topliss-reactive ketones (excluding diaryl/α,β-unsaturated/α-hetero) is 1. The number of nitrogens with one attached hydrogen (secondary N) is 1. The van der Waals surface area contributed by atoms with E-state index in [-0.39, 0.29) is 18.2 Å². The quantitative estimate of drug-likeness (QED) is 0.591. The number of rotatable bonds is 5. The predicted molar refractivity (Wildman–Crippen MR) is 138 cm³/mol. The summed E-state index contributed by atoms with van der Waals surface area (Å²) in [5.74, 6) is -0.339. The van der Waals surface area contributed by atoms with Gasteiger partial charge < -0.3 is 9.64 Å². The van der Waals surface area contributed by atoms with Gasteiger partial charge in [0.25, 0.3) is 5.91 Å². The van der Waals surface area contributed by atoms with Crippen molar-refractivity contribution in [3.8, 4) is 0 Å². The van der Waals surface area contributed by atoms with E-state index in [0.29, 0.717) is 16.9 Å².